The minimum absolute atomic E-state index is 0.166. The maximum absolute atomic E-state index is 10.9. The number of carboxylic acids is 1. The molecule has 16 heavy (non-hydrogen) atoms. The highest BCUT2D eigenvalue weighted by Gasteiger charge is 2.22. The number of hydrogen-bond acceptors (Lipinski definition) is 1. The van der Waals surface area contributed by atoms with E-state index in [1.165, 1.54) is 24.1 Å². The monoisotopic (exact) mass is 221 g/mol. The third-order valence-electron chi connectivity index (χ3n) is 3.35. The van der Waals surface area contributed by atoms with Gasteiger partial charge in [-0.05, 0) is 42.7 Å². The van der Waals surface area contributed by atoms with E-state index in [0.717, 1.165) is 24.1 Å². The number of aliphatic carboxylic acids is 1. The number of rotatable bonds is 3. The van der Waals surface area contributed by atoms with Crippen molar-refractivity contribution in [1.82, 2.24) is 4.98 Å². The Morgan fingerprint density at radius 3 is 2.69 bits per heavy atom. The molecule has 1 aliphatic carbocycles. The molecule has 0 fully saturated rings. The Labute approximate surface area is 95.9 Å². The topological polar surface area (TPSA) is 53.1 Å². The normalized spacial score (nSPS) is 15.2. The molecule has 0 saturated carbocycles. The molecule has 0 radical (unpaired) electrons. The van der Waals surface area contributed by atoms with Gasteiger partial charge in [0.2, 0.25) is 0 Å². The highest BCUT2D eigenvalue weighted by molar-refractivity contribution is 5.71. The van der Waals surface area contributed by atoms with Gasteiger partial charge in [-0.15, -0.1) is 0 Å². The van der Waals surface area contributed by atoms with Gasteiger partial charge in [-0.1, -0.05) is 13.8 Å². The molecule has 0 bridgehead atoms. The second kappa shape index (κ2) is 4.32. The van der Waals surface area contributed by atoms with E-state index < -0.39 is 5.97 Å². The van der Waals surface area contributed by atoms with E-state index in [4.69, 9.17) is 5.11 Å². The summed E-state index contributed by atoms with van der Waals surface area (Å²) in [5.41, 5.74) is 4.76. The highest BCUT2D eigenvalue weighted by atomic mass is 16.4. The molecule has 2 rings (SSSR count). The van der Waals surface area contributed by atoms with Gasteiger partial charge >= 0.3 is 5.97 Å². The van der Waals surface area contributed by atoms with E-state index in [9.17, 15) is 4.79 Å². The molecule has 1 heterocycles. The van der Waals surface area contributed by atoms with Gasteiger partial charge in [0.15, 0.2) is 0 Å². The summed E-state index contributed by atoms with van der Waals surface area (Å²) < 4.78 is 0. The van der Waals surface area contributed by atoms with Crippen LogP contribution >= 0.6 is 0 Å². The first-order valence-electron chi connectivity index (χ1n) is 6.04. The fourth-order valence-corrected chi connectivity index (χ4v) is 2.62. The zero-order valence-electron chi connectivity index (χ0n) is 9.97. The Kier molecular flexibility index (Phi) is 3.03. The van der Waals surface area contributed by atoms with Crippen LogP contribution in [0, 0.1) is 0 Å². The van der Waals surface area contributed by atoms with Crippen LogP contribution in [0.1, 0.15) is 55.1 Å². The van der Waals surface area contributed by atoms with Gasteiger partial charge in [-0.25, -0.2) is 0 Å². The van der Waals surface area contributed by atoms with E-state index in [2.05, 4.69) is 18.8 Å². The molecule has 0 amide bonds. The van der Waals surface area contributed by atoms with E-state index in [0.29, 0.717) is 5.92 Å². The summed E-state index contributed by atoms with van der Waals surface area (Å²) in [6.07, 6.45) is 4.70. The van der Waals surface area contributed by atoms with Crippen LogP contribution in [0.25, 0.3) is 0 Å². The summed E-state index contributed by atoms with van der Waals surface area (Å²) in [5.74, 6) is -0.353. The summed E-state index contributed by atoms with van der Waals surface area (Å²) in [4.78, 5) is 14.4. The van der Waals surface area contributed by atoms with Crippen LogP contribution in [0.15, 0.2) is 0 Å². The average molecular weight is 221 g/mol. The van der Waals surface area contributed by atoms with Crippen molar-refractivity contribution in [3.05, 3.63) is 22.5 Å². The fraction of sp³-hybridized carbons (Fsp3) is 0.615. The predicted molar refractivity (Wildman–Crippen MR) is 62.9 cm³/mol. The highest BCUT2D eigenvalue weighted by Crippen LogP contribution is 2.30. The Morgan fingerprint density at radius 2 is 2.06 bits per heavy atom. The van der Waals surface area contributed by atoms with Crippen LogP contribution in [-0.2, 0) is 24.1 Å². The summed E-state index contributed by atoms with van der Waals surface area (Å²) in [6, 6.07) is 0. The smallest absolute Gasteiger partial charge is 0.307 e. The molecule has 0 saturated heterocycles. The second-order valence-corrected chi connectivity index (χ2v) is 4.91. The van der Waals surface area contributed by atoms with Gasteiger partial charge in [0.25, 0.3) is 0 Å². The molecule has 0 aliphatic heterocycles. The van der Waals surface area contributed by atoms with E-state index in [1.54, 1.807) is 0 Å². The number of aromatic amines is 1. The van der Waals surface area contributed by atoms with E-state index in [-0.39, 0.29) is 6.42 Å². The largest absolute Gasteiger partial charge is 0.481 e. The molecule has 0 unspecified atom stereocenters. The standard InChI is InChI=1S/C13H19NO2/c1-8(2)13-10(7-12(15)16)9-5-3-4-6-11(9)14-13/h8,14H,3-7H2,1-2H3,(H,15,16). The second-order valence-electron chi connectivity index (χ2n) is 4.91. The summed E-state index contributed by atoms with van der Waals surface area (Å²) in [5, 5.41) is 8.98. The lowest BCUT2D eigenvalue weighted by molar-refractivity contribution is -0.136. The summed E-state index contributed by atoms with van der Waals surface area (Å²) in [6.45, 7) is 4.23. The van der Waals surface area contributed by atoms with Gasteiger partial charge in [0.05, 0.1) is 6.42 Å². The minimum atomic E-state index is -0.728. The first-order valence-corrected chi connectivity index (χ1v) is 6.04. The molecule has 1 aromatic rings. The number of H-pyrrole nitrogens is 1. The zero-order valence-corrected chi connectivity index (χ0v) is 9.97. The zero-order chi connectivity index (χ0) is 11.7. The van der Waals surface area contributed by atoms with Crippen molar-refractivity contribution in [2.45, 2.75) is 51.9 Å². The van der Waals surface area contributed by atoms with Gasteiger partial charge < -0.3 is 10.1 Å². The van der Waals surface area contributed by atoms with Crippen LogP contribution in [0.3, 0.4) is 0 Å². The molecule has 0 aromatic carbocycles. The SMILES string of the molecule is CC(C)c1[nH]c2c(c1CC(=O)O)CCCC2. The quantitative estimate of drug-likeness (QED) is 0.824. The minimum Gasteiger partial charge on any atom is -0.481 e. The van der Waals surface area contributed by atoms with Gasteiger partial charge in [0.1, 0.15) is 0 Å². The number of aryl methyl sites for hydroxylation is 1. The fourth-order valence-electron chi connectivity index (χ4n) is 2.62. The number of carbonyl (C=O) groups is 1. The van der Waals surface area contributed by atoms with E-state index in [1.807, 2.05) is 0 Å². The predicted octanol–water partition coefficient (Wildman–Crippen LogP) is 2.64. The van der Waals surface area contributed by atoms with Crippen molar-refractivity contribution < 1.29 is 9.90 Å². The number of nitrogens with one attached hydrogen (secondary N) is 1. The molecule has 1 aliphatic rings. The lowest BCUT2D eigenvalue weighted by atomic mass is 9.92. The molecular formula is C13H19NO2. The first-order chi connectivity index (χ1) is 7.59. The third kappa shape index (κ3) is 1.99. The number of hydrogen-bond donors (Lipinski definition) is 2. The Balaban J connectivity index is 2.44. The van der Waals surface area contributed by atoms with Crippen LogP contribution in [0.4, 0.5) is 0 Å². The molecule has 0 spiro atoms. The van der Waals surface area contributed by atoms with Gasteiger partial charge in [0, 0.05) is 11.4 Å². The van der Waals surface area contributed by atoms with Crippen molar-refractivity contribution in [2.24, 2.45) is 0 Å². The van der Waals surface area contributed by atoms with Crippen LogP contribution in [0.2, 0.25) is 0 Å². The van der Waals surface area contributed by atoms with Crippen LogP contribution in [0.5, 0.6) is 0 Å². The molecule has 3 heteroatoms. The van der Waals surface area contributed by atoms with E-state index >= 15 is 0 Å². The van der Waals surface area contributed by atoms with Crippen molar-refractivity contribution in [2.75, 3.05) is 0 Å². The maximum Gasteiger partial charge on any atom is 0.307 e. The molecule has 88 valence electrons. The molecule has 0 atom stereocenters. The average Bonchev–Trinajstić information content (AvgIpc) is 2.57. The Bertz CT molecular complexity index is 404. The summed E-state index contributed by atoms with van der Waals surface area (Å²) >= 11 is 0. The van der Waals surface area contributed by atoms with Crippen LogP contribution < -0.4 is 0 Å². The lowest BCUT2D eigenvalue weighted by Gasteiger charge is -2.12. The van der Waals surface area contributed by atoms with Crippen molar-refractivity contribution in [1.29, 1.82) is 0 Å². The number of carboxylic acid groups (broad SMARTS) is 1. The maximum atomic E-state index is 10.9. The number of fused-ring (bicyclic) bond motifs is 1. The lowest BCUT2D eigenvalue weighted by Crippen LogP contribution is -2.07. The molecule has 2 N–H and O–H groups in total. The van der Waals surface area contributed by atoms with Crippen LogP contribution in [-0.4, -0.2) is 16.1 Å². The van der Waals surface area contributed by atoms with Crippen molar-refractivity contribution >= 4 is 5.97 Å². The molecule has 1 aromatic heterocycles. The summed E-state index contributed by atoms with van der Waals surface area (Å²) in [7, 11) is 0. The molecular weight excluding hydrogens is 202 g/mol. The third-order valence-corrected chi connectivity index (χ3v) is 3.35. The van der Waals surface area contributed by atoms with Crippen molar-refractivity contribution in [3.8, 4) is 0 Å². The Morgan fingerprint density at radius 1 is 1.38 bits per heavy atom. The van der Waals surface area contributed by atoms with Gasteiger partial charge in [-0.2, -0.15) is 0 Å². The van der Waals surface area contributed by atoms with Crippen molar-refractivity contribution in [3.63, 3.8) is 0 Å². The first kappa shape index (κ1) is 11.2. The Hall–Kier alpha value is -1.25. The molecule has 3 nitrogen and oxygen atoms in total. The number of aromatic nitrogens is 1. The van der Waals surface area contributed by atoms with Gasteiger partial charge in [-0.3, -0.25) is 4.79 Å².